The second kappa shape index (κ2) is 7.84. The highest BCUT2D eigenvalue weighted by Crippen LogP contribution is 2.34. The number of hydrogen-bond donors (Lipinski definition) is 2. The van der Waals surface area contributed by atoms with Crippen molar-refractivity contribution in [2.45, 2.75) is 0 Å². The largest absolute Gasteiger partial charge is 0.454 e. The van der Waals surface area contributed by atoms with E-state index in [0.717, 1.165) is 28.5 Å². The molecule has 0 aliphatic carbocycles. The van der Waals surface area contributed by atoms with Crippen LogP contribution in [-0.4, -0.2) is 11.9 Å². The Morgan fingerprint density at radius 3 is 2.15 bits per heavy atom. The van der Waals surface area contributed by atoms with Crippen molar-refractivity contribution in [1.29, 1.82) is 0 Å². The predicted octanol–water partition coefficient (Wildman–Crippen LogP) is 5.64. The van der Waals surface area contributed by atoms with Crippen LogP contribution in [0.5, 0.6) is 11.5 Å². The van der Waals surface area contributed by atoms with E-state index >= 15 is 0 Å². The summed E-state index contributed by atoms with van der Waals surface area (Å²) in [6, 6.07) is 22.7. The number of azo groups is 1. The highest BCUT2D eigenvalue weighted by Gasteiger charge is 2.13. The molecule has 0 unspecified atom stereocenters. The fraction of sp³-hybridized carbons (Fsp3) is 0.0500. The number of nitrogens with zero attached hydrogens (tertiary/aromatic N) is 2. The molecule has 3 aromatic rings. The Morgan fingerprint density at radius 2 is 1.37 bits per heavy atom. The van der Waals surface area contributed by atoms with Crippen molar-refractivity contribution in [3.8, 4) is 11.5 Å². The Bertz CT molecular complexity index is 975. The standard InChI is InChI=1S/C20H16N4O2S/c27-20(22-17-10-11-18-19(12-17)26-13-25-18)21-14-6-8-16(9-7-14)24-23-15-4-2-1-3-5-15/h1-12H,13H2,(H2,21,22,27). The SMILES string of the molecule is S=C(Nc1ccc(N=Nc2ccccc2)cc1)Nc1ccc2c(c1)OCO2. The summed E-state index contributed by atoms with van der Waals surface area (Å²) in [4.78, 5) is 0. The minimum atomic E-state index is 0.245. The normalized spacial score (nSPS) is 12.1. The first-order valence-corrected chi connectivity index (χ1v) is 8.72. The van der Waals surface area contributed by atoms with Gasteiger partial charge in [0.1, 0.15) is 0 Å². The Balaban J connectivity index is 1.35. The van der Waals surface area contributed by atoms with Crippen LogP contribution >= 0.6 is 12.2 Å². The van der Waals surface area contributed by atoms with Crippen LogP contribution < -0.4 is 20.1 Å². The number of nitrogens with one attached hydrogen (secondary N) is 2. The topological polar surface area (TPSA) is 67.2 Å². The van der Waals surface area contributed by atoms with Gasteiger partial charge in [0.25, 0.3) is 0 Å². The summed E-state index contributed by atoms with van der Waals surface area (Å²) in [7, 11) is 0. The molecular weight excluding hydrogens is 360 g/mol. The summed E-state index contributed by atoms with van der Waals surface area (Å²) in [6.45, 7) is 0.245. The third-order valence-corrected chi connectivity index (χ3v) is 4.00. The molecule has 1 aliphatic rings. The first-order chi connectivity index (χ1) is 13.3. The Kier molecular flexibility index (Phi) is 4.93. The molecule has 4 rings (SSSR count). The van der Waals surface area contributed by atoms with Gasteiger partial charge in [-0.2, -0.15) is 10.2 Å². The maximum atomic E-state index is 5.36. The zero-order valence-electron chi connectivity index (χ0n) is 14.3. The molecule has 3 aromatic carbocycles. The monoisotopic (exact) mass is 376 g/mol. The molecule has 0 bridgehead atoms. The van der Waals surface area contributed by atoms with Crippen molar-refractivity contribution in [3.05, 3.63) is 72.8 Å². The van der Waals surface area contributed by atoms with Gasteiger partial charge in [0.05, 0.1) is 11.4 Å². The maximum absolute atomic E-state index is 5.36. The molecule has 6 nitrogen and oxygen atoms in total. The van der Waals surface area contributed by atoms with Crippen molar-refractivity contribution in [1.82, 2.24) is 0 Å². The molecule has 0 atom stereocenters. The lowest BCUT2D eigenvalue weighted by Gasteiger charge is -2.11. The Hall–Kier alpha value is -3.45. The number of fused-ring (bicyclic) bond motifs is 1. The van der Waals surface area contributed by atoms with Crippen molar-refractivity contribution in [2.24, 2.45) is 10.2 Å². The van der Waals surface area contributed by atoms with E-state index in [1.54, 1.807) is 0 Å². The summed E-state index contributed by atoms with van der Waals surface area (Å²) >= 11 is 5.36. The van der Waals surface area contributed by atoms with E-state index in [4.69, 9.17) is 21.7 Å². The fourth-order valence-electron chi connectivity index (χ4n) is 2.49. The van der Waals surface area contributed by atoms with Crippen LogP contribution in [0.15, 0.2) is 83.0 Å². The van der Waals surface area contributed by atoms with E-state index < -0.39 is 0 Å². The van der Waals surface area contributed by atoms with Crippen LogP contribution in [0.25, 0.3) is 0 Å². The summed E-state index contributed by atoms with van der Waals surface area (Å²) in [5.74, 6) is 1.44. The summed E-state index contributed by atoms with van der Waals surface area (Å²) in [5.41, 5.74) is 3.25. The van der Waals surface area contributed by atoms with Gasteiger partial charge in [-0.15, -0.1) is 0 Å². The highest BCUT2D eigenvalue weighted by atomic mass is 32.1. The number of hydrogen-bond acceptors (Lipinski definition) is 5. The van der Waals surface area contributed by atoms with Gasteiger partial charge in [-0.05, 0) is 60.7 Å². The third kappa shape index (κ3) is 4.39. The summed E-state index contributed by atoms with van der Waals surface area (Å²) < 4.78 is 10.7. The van der Waals surface area contributed by atoms with Crippen LogP contribution in [0.4, 0.5) is 22.7 Å². The van der Waals surface area contributed by atoms with Gasteiger partial charge in [-0.25, -0.2) is 0 Å². The van der Waals surface area contributed by atoms with Gasteiger partial charge >= 0.3 is 0 Å². The molecule has 0 aromatic heterocycles. The van der Waals surface area contributed by atoms with E-state index in [-0.39, 0.29) is 6.79 Å². The fourth-order valence-corrected chi connectivity index (χ4v) is 2.72. The molecule has 0 amide bonds. The molecule has 7 heteroatoms. The Labute approximate surface area is 161 Å². The molecule has 0 radical (unpaired) electrons. The lowest BCUT2D eigenvalue weighted by atomic mass is 10.3. The van der Waals surface area contributed by atoms with Gasteiger partial charge in [0, 0.05) is 17.4 Å². The van der Waals surface area contributed by atoms with Crippen molar-refractivity contribution in [2.75, 3.05) is 17.4 Å². The molecule has 1 aliphatic heterocycles. The molecular formula is C20H16N4O2S. The maximum Gasteiger partial charge on any atom is 0.231 e. The van der Waals surface area contributed by atoms with Crippen LogP contribution in [0.1, 0.15) is 0 Å². The first-order valence-electron chi connectivity index (χ1n) is 8.31. The minimum Gasteiger partial charge on any atom is -0.454 e. The van der Waals surface area contributed by atoms with Crippen LogP contribution in [0, 0.1) is 0 Å². The third-order valence-electron chi connectivity index (χ3n) is 3.79. The molecule has 0 spiro atoms. The second-order valence-corrected chi connectivity index (χ2v) is 6.14. The zero-order chi connectivity index (χ0) is 18.5. The second-order valence-electron chi connectivity index (χ2n) is 5.73. The molecule has 1 heterocycles. The first kappa shape index (κ1) is 17.0. The Morgan fingerprint density at radius 1 is 0.741 bits per heavy atom. The van der Waals surface area contributed by atoms with E-state index in [1.807, 2.05) is 72.8 Å². The molecule has 2 N–H and O–H groups in total. The molecule has 27 heavy (non-hydrogen) atoms. The lowest BCUT2D eigenvalue weighted by molar-refractivity contribution is 0.174. The zero-order valence-corrected chi connectivity index (χ0v) is 15.1. The highest BCUT2D eigenvalue weighted by molar-refractivity contribution is 7.80. The van der Waals surface area contributed by atoms with Crippen molar-refractivity contribution >= 4 is 40.1 Å². The van der Waals surface area contributed by atoms with E-state index in [1.165, 1.54) is 0 Å². The van der Waals surface area contributed by atoms with Crippen LogP contribution in [0.2, 0.25) is 0 Å². The van der Waals surface area contributed by atoms with Crippen LogP contribution in [-0.2, 0) is 0 Å². The van der Waals surface area contributed by atoms with E-state index in [2.05, 4.69) is 20.9 Å². The quantitative estimate of drug-likeness (QED) is 0.456. The van der Waals surface area contributed by atoms with Gasteiger partial charge < -0.3 is 20.1 Å². The minimum absolute atomic E-state index is 0.245. The van der Waals surface area contributed by atoms with Gasteiger partial charge in [-0.1, -0.05) is 18.2 Å². The molecule has 134 valence electrons. The van der Waals surface area contributed by atoms with Gasteiger partial charge in [0.2, 0.25) is 6.79 Å². The average Bonchev–Trinajstić information content (AvgIpc) is 3.16. The number of thiocarbonyl (C=S) groups is 1. The molecule has 0 saturated heterocycles. The number of ether oxygens (including phenoxy) is 2. The molecule has 0 saturated carbocycles. The number of anilines is 2. The summed E-state index contributed by atoms with van der Waals surface area (Å²) in [6.07, 6.45) is 0. The predicted molar refractivity (Wildman–Crippen MR) is 109 cm³/mol. The number of rotatable bonds is 4. The van der Waals surface area contributed by atoms with Gasteiger partial charge in [0.15, 0.2) is 16.6 Å². The van der Waals surface area contributed by atoms with E-state index in [9.17, 15) is 0 Å². The lowest BCUT2D eigenvalue weighted by Crippen LogP contribution is -2.18. The van der Waals surface area contributed by atoms with Crippen LogP contribution in [0.3, 0.4) is 0 Å². The van der Waals surface area contributed by atoms with Crippen molar-refractivity contribution in [3.63, 3.8) is 0 Å². The smallest absolute Gasteiger partial charge is 0.231 e. The van der Waals surface area contributed by atoms with Crippen molar-refractivity contribution < 1.29 is 9.47 Å². The molecule has 0 fully saturated rings. The summed E-state index contributed by atoms with van der Waals surface area (Å²) in [5, 5.41) is 15.2. The number of benzene rings is 3. The average molecular weight is 376 g/mol. The van der Waals surface area contributed by atoms with Gasteiger partial charge in [-0.3, -0.25) is 0 Å². The van der Waals surface area contributed by atoms with E-state index in [0.29, 0.717) is 10.9 Å².